The lowest BCUT2D eigenvalue weighted by molar-refractivity contribution is -0.142. The van der Waals surface area contributed by atoms with Gasteiger partial charge in [0, 0.05) is 23.3 Å². The molecule has 4 aliphatic rings. The van der Waals surface area contributed by atoms with Crippen LogP contribution in [0.3, 0.4) is 0 Å². The third kappa shape index (κ3) is 4.55. The van der Waals surface area contributed by atoms with Gasteiger partial charge in [0.2, 0.25) is 17.7 Å². The fourth-order valence-electron chi connectivity index (χ4n) is 6.75. The molecule has 3 unspecified atom stereocenters. The van der Waals surface area contributed by atoms with Crippen LogP contribution >= 0.6 is 11.6 Å². The number of nitrogens with one attached hydrogen (secondary N) is 2. The largest absolute Gasteiger partial charge is 0.359 e. The molecule has 8 heteroatoms. The highest BCUT2D eigenvalue weighted by Gasteiger charge is 2.72. The van der Waals surface area contributed by atoms with Crippen molar-refractivity contribution in [3.05, 3.63) is 76.3 Å². The van der Waals surface area contributed by atoms with E-state index in [-0.39, 0.29) is 30.3 Å². The number of anilines is 1. The Morgan fingerprint density at radius 2 is 1.79 bits per heavy atom. The van der Waals surface area contributed by atoms with Crippen LogP contribution in [-0.4, -0.2) is 46.4 Å². The summed E-state index contributed by atoms with van der Waals surface area (Å²) in [6.45, 7) is 4.17. The van der Waals surface area contributed by atoms with E-state index in [1.165, 1.54) is 6.42 Å². The number of nitrogens with zero attached hydrogens (tertiary/aromatic N) is 1. The number of aryl methyl sites for hydroxylation is 2. The fourth-order valence-corrected chi connectivity index (χ4v) is 6.93. The van der Waals surface area contributed by atoms with Crippen LogP contribution in [0.25, 0.3) is 0 Å². The van der Waals surface area contributed by atoms with Gasteiger partial charge in [0.15, 0.2) is 0 Å². The zero-order valence-electron chi connectivity index (χ0n) is 22.3. The third-order valence-electron chi connectivity index (χ3n) is 8.79. The molecule has 0 aromatic heterocycles. The molecule has 5 atom stereocenters. The first-order valence-corrected chi connectivity index (χ1v) is 14.3. The van der Waals surface area contributed by atoms with Gasteiger partial charge in [-0.1, -0.05) is 78.9 Å². The highest BCUT2D eigenvalue weighted by atomic mass is 35.5. The number of ether oxygens (including phenoxy) is 1. The molecule has 39 heavy (non-hydrogen) atoms. The van der Waals surface area contributed by atoms with Crippen LogP contribution in [0, 0.1) is 25.7 Å². The first kappa shape index (κ1) is 26.1. The van der Waals surface area contributed by atoms with Crippen LogP contribution in [0.2, 0.25) is 5.02 Å². The van der Waals surface area contributed by atoms with Crippen molar-refractivity contribution >= 4 is 35.0 Å². The van der Waals surface area contributed by atoms with E-state index in [0.29, 0.717) is 10.7 Å². The van der Waals surface area contributed by atoms with Crippen molar-refractivity contribution < 1.29 is 19.1 Å². The molecule has 0 radical (unpaired) electrons. The average Bonchev–Trinajstić information content (AvgIpc) is 3.56. The highest BCUT2D eigenvalue weighted by molar-refractivity contribution is 6.31. The summed E-state index contributed by atoms with van der Waals surface area (Å²) in [5, 5.41) is 6.72. The molecular formula is C31H34ClN3O4. The third-order valence-corrected chi connectivity index (χ3v) is 9.20. The molecule has 3 fully saturated rings. The molecule has 7 nitrogen and oxygen atoms in total. The number of hydrogen-bond acceptors (Lipinski definition) is 4. The van der Waals surface area contributed by atoms with Crippen LogP contribution < -0.4 is 10.6 Å². The van der Waals surface area contributed by atoms with Gasteiger partial charge in [-0.3, -0.25) is 14.4 Å². The van der Waals surface area contributed by atoms with E-state index in [1.807, 2.05) is 56.3 Å². The van der Waals surface area contributed by atoms with Crippen LogP contribution in [0.4, 0.5) is 5.69 Å². The monoisotopic (exact) mass is 547 g/mol. The van der Waals surface area contributed by atoms with E-state index in [0.717, 1.165) is 42.4 Å². The lowest BCUT2D eigenvalue weighted by Gasteiger charge is -2.34. The minimum atomic E-state index is -1.18. The second-order valence-corrected chi connectivity index (χ2v) is 11.9. The summed E-state index contributed by atoms with van der Waals surface area (Å²) in [4.78, 5) is 43.4. The van der Waals surface area contributed by atoms with E-state index < -0.39 is 29.6 Å². The average molecular weight is 548 g/mol. The van der Waals surface area contributed by atoms with Crippen molar-refractivity contribution in [3.63, 3.8) is 0 Å². The minimum absolute atomic E-state index is 0.0889. The number of hydrogen-bond donors (Lipinski definition) is 2. The second kappa shape index (κ2) is 10.1. The molecule has 2 bridgehead atoms. The summed E-state index contributed by atoms with van der Waals surface area (Å²) in [6, 6.07) is 12.5. The summed E-state index contributed by atoms with van der Waals surface area (Å²) < 4.78 is 6.46. The van der Waals surface area contributed by atoms with Crippen molar-refractivity contribution in [1.29, 1.82) is 0 Å². The van der Waals surface area contributed by atoms with E-state index in [9.17, 15) is 14.4 Å². The minimum Gasteiger partial charge on any atom is -0.359 e. The van der Waals surface area contributed by atoms with E-state index in [2.05, 4.69) is 10.6 Å². The van der Waals surface area contributed by atoms with Crippen molar-refractivity contribution in [1.82, 2.24) is 10.2 Å². The Morgan fingerprint density at radius 1 is 1.05 bits per heavy atom. The molecule has 6 rings (SSSR count). The molecule has 1 saturated carbocycles. The van der Waals surface area contributed by atoms with Crippen molar-refractivity contribution in [2.45, 2.75) is 76.3 Å². The van der Waals surface area contributed by atoms with E-state index in [4.69, 9.17) is 16.3 Å². The Kier molecular flexibility index (Phi) is 6.76. The number of fused-ring (bicyclic) bond motifs is 1. The van der Waals surface area contributed by atoms with Crippen LogP contribution in [0.15, 0.2) is 54.6 Å². The lowest BCUT2D eigenvalue weighted by atomic mass is 9.74. The summed E-state index contributed by atoms with van der Waals surface area (Å²) in [5.74, 6) is -2.29. The van der Waals surface area contributed by atoms with Crippen LogP contribution in [0.1, 0.15) is 48.8 Å². The van der Waals surface area contributed by atoms with Gasteiger partial charge in [-0.2, -0.15) is 0 Å². The van der Waals surface area contributed by atoms with Gasteiger partial charge in [-0.15, -0.1) is 0 Å². The van der Waals surface area contributed by atoms with Gasteiger partial charge >= 0.3 is 0 Å². The number of likely N-dealkylation sites (tertiary alicyclic amines) is 1. The molecule has 3 aliphatic heterocycles. The molecule has 2 N–H and O–H groups in total. The molecule has 1 spiro atoms. The lowest BCUT2D eigenvalue weighted by Crippen LogP contribution is -2.56. The number of carbonyl (C=O) groups excluding carboxylic acids is 3. The first-order valence-electron chi connectivity index (χ1n) is 13.9. The van der Waals surface area contributed by atoms with Crippen molar-refractivity contribution in [2.75, 3.05) is 5.32 Å². The summed E-state index contributed by atoms with van der Waals surface area (Å²) in [7, 11) is 0. The number of amides is 3. The van der Waals surface area contributed by atoms with Crippen molar-refractivity contribution in [3.8, 4) is 0 Å². The number of halogens is 1. The zero-order valence-corrected chi connectivity index (χ0v) is 23.0. The Balaban J connectivity index is 1.32. The van der Waals surface area contributed by atoms with Crippen molar-refractivity contribution in [2.24, 2.45) is 11.8 Å². The summed E-state index contributed by atoms with van der Waals surface area (Å²) in [5.41, 5.74) is 2.33. The molecule has 204 valence electrons. The number of rotatable bonds is 6. The van der Waals surface area contributed by atoms with Gasteiger partial charge < -0.3 is 20.3 Å². The predicted molar refractivity (Wildman–Crippen MR) is 149 cm³/mol. The quantitative estimate of drug-likeness (QED) is 0.513. The van der Waals surface area contributed by atoms with E-state index in [1.54, 1.807) is 17.0 Å². The normalized spacial score (nSPS) is 29.5. The topological polar surface area (TPSA) is 87.7 Å². The Morgan fingerprint density at radius 3 is 2.51 bits per heavy atom. The molecule has 3 amide bonds. The van der Waals surface area contributed by atoms with Gasteiger partial charge in [0.25, 0.3) is 0 Å². The van der Waals surface area contributed by atoms with Gasteiger partial charge in [-0.25, -0.2) is 0 Å². The predicted octanol–water partition coefficient (Wildman–Crippen LogP) is 4.70. The number of carbonyl (C=O) groups is 3. The smallest absolute Gasteiger partial charge is 0.246 e. The maximum Gasteiger partial charge on any atom is 0.246 e. The molecular weight excluding hydrogens is 514 g/mol. The maximum atomic E-state index is 14.1. The second-order valence-electron chi connectivity index (χ2n) is 11.4. The fraction of sp³-hybridized carbons (Fsp3) is 0.452. The van der Waals surface area contributed by atoms with Gasteiger partial charge in [0.05, 0.1) is 17.9 Å². The molecule has 2 saturated heterocycles. The van der Waals surface area contributed by atoms with E-state index >= 15 is 0 Å². The number of benzene rings is 2. The Hall–Kier alpha value is -3.16. The first-order chi connectivity index (χ1) is 18.8. The Labute approximate surface area is 233 Å². The standard InChI is InChI=1S/C31H34ClN3O4/c1-18-8-11-20(12-9-18)17-35-27(29(37)33-21-6-4-3-5-7-21)31-15-14-24(39-31)25(26(31)30(35)38)28(36)34-22-13-10-19(2)23(32)16-22/h8-16,21,24-27H,3-7,17H2,1-2H3,(H,33,37)(H,34,36)/t24-,25?,26-,27?,31?/m1/s1. The SMILES string of the molecule is Cc1ccc(CN2C(=O)[C@H]3C(C(=O)Nc4ccc(C)c(Cl)c4)[C@H]4C=CC3(O4)C2C(=O)NC2CCCCC2)cc1. The Bertz CT molecular complexity index is 1340. The summed E-state index contributed by atoms with van der Waals surface area (Å²) >= 11 is 6.28. The van der Waals surface area contributed by atoms with Crippen LogP contribution in [-0.2, 0) is 25.7 Å². The molecule has 1 aliphatic carbocycles. The zero-order chi connectivity index (χ0) is 27.3. The van der Waals surface area contributed by atoms with Gasteiger partial charge in [-0.05, 0) is 49.9 Å². The highest BCUT2D eigenvalue weighted by Crippen LogP contribution is 2.55. The van der Waals surface area contributed by atoms with Crippen LogP contribution in [0.5, 0.6) is 0 Å². The maximum absolute atomic E-state index is 14.1. The molecule has 2 aromatic carbocycles. The summed E-state index contributed by atoms with van der Waals surface area (Å²) in [6.07, 6.45) is 8.33. The molecule has 3 heterocycles. The molecule has 2 aromatic rings. The van der Waals surface area contributed by atoms with Gasteiger partial charge in [0.1, 0.15) is 11.6 Å².